The fourth-order valence-electron chi connectivity index (χ4n) is 3.25. The van der Waals surface area contributed by atoms with Crippen molar-refractivity contribution in [3.05, 3.63) is 77.1 Å². The minimum absolute atomic E-state index is 0.174. The Labute approximate surface area is 147 Å². The maximum atomic E-state index is 5.94. The maximum Gasteiger partial charge on any atom is 0.177 e. The van der Waals surface area contributed by atoms with E-state index in [9.17, 15) is 0 Å². The van der Waals surface area contributed by atoms with Crippen LogP contribution in [0.1, 0.15) is 28.6 Å². The molecule has 0 aliphatic carbocycles. The highest BCUT2D eigenvalue weighted by Gasteiger charge is 2.29. The van der Waals surface area contributed by atoms with E-state index in [1.807, 2.05) is 10.9 Å². The smallest absolute Gasteiger partial charge is 0.177 e. The molecule has 5 nitrogen and oxygen atoms in total. The van der Waals surface area contributed by atoms with Crippen LogP contribution < -0.4 is 4.90 Å². The van der Waals surface area contributed by atoms with E-state index in [0.717, 1.165) is 24.5 Å². The third-order valence-corrected chi connectivity index (χ3v) is 4.63. The van der Waals surface area contributed by atoms with E-state index in [-0.39, 0.29) is 6.23 Å². The van der Waals surface area contributed by atoms with E-state index in [0.29, 0.717) is 6.61 Å². The molecule has 0 bridgehead atoms. The van der Waals surface area contributed by atoms with E-state index in [1.165, 1.54) is 16.7 Å². The second-order valence-electron chi connectivity index (χ2n) is 6.52. The molecule has 0 saturated carbocycles. The SMILES string of the molecule is Cc1cccc(N2CCOC2c2cn(Cc3ccccc3C)nn2)c1. The highest BCUT2D eigenvalue weighted by atomic mass is 16.5. The molecule has 4 rings (SSSR count). The number of ether oxygens (including phenoxy) is 1. The molecule has 2 aromatic carbocycles. The van der Waals surface area contributed by atoms with Crippen LogP contribution >= 0.6 is 0 Å². The number of nitrogens with zero attached hydrogens (tertiary/aromatic N) is 4. The molecule has 1 fully saturated rings. The minimum Gasteiger partial charge on any atom is -0.350 e. The zero-order valence-electron chi connectivity index (χ0n) is 14.6. The Morgan fingerprint density at radius 2 is 2.00 bits per heavy atom. The van der Waals surface area contributed by atoms with Crippen LogP contribution in [0.2, 0.25) is 0 Å². The number of hydrogen-bond donors (Lipinski definition) is 0. The van der Waals surface area contributed by atoms with E-state index in [1.54, 1.807) is 0 Å². The molecular weight excluding hydrogens is 312 g/mol. The fourth-order valence-corrected chi connectivity index (χ4v) is 3.25. The molecule has 2 heterocycles. The van der Waals surface area contributed by atoms with Crippen molar-refractivity contribution in [1.82, 2.24) is 15.0 Å². The Kier molecular flexibility index (Phi) is 4.24. The summed E-state index contributed by atoms with van der Waals surface area (Å²) in [6, 6.07) is 16.8. The average molecular weight is 334 g/mol. The Hall–Kier alpha value is -2.66. The van der Waals surface area contributed by atoms with Gasteiger partial charge in [-0.25, -0.2) is 4.68 Å². The molecule has 1 atom stereocenters. The van der Waals surface area contributed by atoms with Gasteiger partial charge in [0.15, 0.2) is 6.23 Å². The Bertz CT molecular complexity index is 873. The van der Waals surface area contributed by atoms with Gasteiger partial charge in [-0.05, 0) is 42.7 Å². The van der Waals surface area contributed by atoms with Crippen LogP contribution in [-0.4, -0.2) is 28.1 Å². The molecule has 25 heavy (non-hydrogen) atoms. The fraction of sp³-hybridized carbons (Fsp3) is 0.300. The minimum atomic E-state index is -0.174. The quantitative estimate of drug-likeness (QED) is 0.733. The lowest BCUT2D eigenvalue weighted by Gasteiger charge is -2.23. The lowest BCUT2D eigenvalue weighted by Crippen LogP contribution is -2.23. The Morgan fingerprint density at radius 3 is 2.84 bits per heavy atom. The molecule has 3 aromatic rings. The van der Waals surface area contributed by atoms with Crippen molar-refractivity contribution in [3.63, 3.8) is 0 Å². The topological polar surface area (TPSA) is 43.2 Å². The van der Waals surface area contributed by atoms with Crippen LogP contribution in [-0.2, 0) is 11.3 Å². The highest BCUT2D eigenvalue weighted by Crippen LogP contribution is 2.31. The van der Waals surface area contributed by atoms with Crippen molar-refractivity contribution >= 4 is 5.69 Å². The second-order valence-corrected chi connectivity index (χ2v) is 6.52. The third-order valence-electron chi connectivity index (χ3n) is 4.63. The van der Waals surface area contributed by atoms with E-state index in [4.69, 9.17) is 4.74 Å². The van der Waals surface area contributed by atoms with Crippen LogP contribution in [0.15, 0.2) is 54.7 Å². The largest absolute Gasteiger partial charge is 0.350 e. The molecule has 1 aliphatic heterocycles. The van der Waals surface area contributed by atoms with E-state index in [2.05, 4.69) is 77.6 Å². The Balaban J connectivity index is 1.56. The maximum absolute atomic E-state index is 5.94. The third kappa shape index (κ3) is 3.28. The van der Waals surface area contributed by atoms with Crippen molar-refractivity contribution in [3.8, 4) is 0 Å². The van der Waals surface area contributed by atoms with Gasteiger partial charge in [-0.3, -0.25) is 0 Å². The standard InChI is InChI=1S/C20H22N4O/c1-15-6-5-9-18(12-15)24-10-11-25-20(24)19-14-23(22-21-19)13-17-8-4-3-7-16(17)2/h3-9,12,14,20H,10-11,13H2,1-2H3. The number of rotatable bonds is 4. The van der Waals surface area contributed by atoms with Gasteiger partial charge in [-0.2, -0.15) is 0 Å². The average Bonchev–Trinajstić information content (AvgIpc) is 3.26. The van der Waals surface area contributed by atoms with Crippen LogP contribution in [0.25, 0.3) is 0 Å². The second kappa shape index (κ2) is 6.69. The molecule has 1 aromatic heterocycles. The van der Waals surface area contributed by atoms with Gasteiger partial charge in [0.05, 0.1) is 19.3 Å². The van der Waals surface area contributed by atoms with Crippen LogP contribution in [0, 0.1) is 13.8 Å². The molecule has 5 heteroatoms. The summed E-state index contributed by atoms with van der Waals surface area (Å²) < 4.78 is 7.83. The first kappa shape index (κ1) is 15.8. The number of aromatic nitrogens is 3. The van der Waals surface area contributed by atoms with Crippen LogP contribution in [0.5, 0.6) is 0 Å². The van der Waals surface area contributed by atoms with Crippen molar-refractivity contribution in [2.24, 2.45) is 0 Å². The summed E-state index contributed by atoms with van der Waals surface area (Å²) >= 11 is 0. The summed E-state index contributed by atoms with van der Waals surface area (Å²) in [5.74, 6) is 0. The van der Waals surface area contributed by atoms with Gasteiger partial charge in [-0.15, -0.1) is 5.10 Å². The molecule has 0 spiro atoms. The van der Waals surface area contributed by atoms with Gasteiger partial charge in [0.1, 0.15) is 5.69 Å². The normalized spacial score (nSPS) is 17.2. The summed E-state index contributed by atoms with van der Waals surface area (Å²) in [5, 5.41) is 8.67. The van der Waals surface area contributed by atoms with Crippen molar-refractivity contribution < 1.29 is 4.74 Å². The van der Waals surface area contributed by atoms with Crippen molar-refractivity contribution in [1.29, 1.82) is 0 Å². The zero-order chi connectivity index (χ0) is 17.2. The predicted molar refractivity (Wildman–Crippen MR) is 97.5 cm³/mol. The molecule has 0 N–H and O–H groups in total. The van der Waals surface area contributed by atoms with Crippen molar-refractivity contribution in [2.75, 3.05) is 18.1 Å². The number of hydrogen-bond acceptors (Lipinski definition) is 4. The van der Waals surface area contributed by atoms with Gasteiger partial charge in [0.2, 0.25) is 0 Å². The predicted octanol–water partition coefficient (Wildman–Crippen LogP) is 3.48. The highest BCUT2D eigenvalue weighted by molar-refractivity contribution is 5.50. The number of benzene rings is 2. The van der Waals surface area contributed by atoms with Gasteiger partial charge in [-0.1, -0.05) is 41.6 Å². The number of anilines is 1. The summed E-state index contributed by atoms with van der Waals surface area (Å²) in [5.41, 5.74) is 5.77. The number of aryl methyl sites for hydroxylation is 2. The molecule has 0 radical (unpaired) electrons. The molecule has 0 amide bonds. The summed E-state index contributed by atoms with van der Waals surface area (Å²) in [6.45, 7) is 6.50. The zero-order valence-corrected chi connectivity index (χ0v) is 14.6. The lowest BCUT2D eigenvalue weighted by atomic mass is 10.1. The summed E-state index contributed by atoms with van der Waals surface area (Å²) in [6.07, 6.45) is 1.82. The molecule has 1 saturated heterocycles. The summed E-state index contributed by atoms with van der Waals surface area (Å²) in [7, 11) is 0. The first-order chi connectivity index (χ1) is 12.2. The first-order valence-electron chi connectivity index (χ1n) is 8.60. The monoisotopic (exact) mass is 334 g/mol. The lowest BCUT2D eigenvalue weighted by molar-refractivity contribution is 0.110. The molecular formula is C20H22N4O. The van der Waals surface area contributed by atoms with Gasteiger partial charge in [0, 0.05) is 12.2 Å². The molecule has 1 unspecified atom stereocenters. The summed E-state index contributed by atoms with van der Waals surface area (Å²) in [4.78, 5) is 2.25. The van der Waals surface area contributed by atoms with Crippen LogP contribution in [0.4, 0.5) is 5.69 Å². The van der Waals surface area contributed by atoms with Crippen molar-refractivity contribution in [2.45, 2.75) is 26.6 Å². The van der Waals surface area contributed by atoms with Crippen LogP contribution in [0.3, 0.4) is 0 Å². The molecule has 128 valence electrons. The Morgan fingerprint density at radius 1 is 1.12 bits per heavy atom. The van der Waals surface area contributed by atoms with E-state index >= 15 is 0 Å². The first-order valence-corrected chi connectivity index (χ1v) is 8.60. The van der Waals surface area contributed by atoms with Gasteiger partial charge in [0.25, 0.3) is 0 Å². The van der Waals surface area contributed by atoms with E-state index < -0.39 is 0 Å². The van der Waals surface area contributed by atoms with Gasteiger partial charge >= 0.3 is 0 Å². The van der Waals surface area contributed by atoms with Gasteiger partial charge < -0.3 is 9.64 Å². The molecule has 1 aliphatic rings.